The summed E-state index contributed by atoms with van der Waals surface area (Å²) in [6.45, 7) is 5.42. The molecule has 2 heterocycles. The molecule has 0 aromatic heterocycles. The first-order valence-electron chi connectivity index (χ1n) is 9.38. The Bertz CT molecular complexity index is 960. The smallest absolute Gasteiger partial charge is 0.259 e. The van der Waals surface area contributed by atoms with E-state index in [4.69, 9.17) is 0 Å². The molecule has 0 N–H and O–H groups in total. The van der Waals surface area contributed by atoms with E-state index in [1.54, 1.807) is 21.9 Å². The number of fused-ring (bicyclic) bond motifs is 1. The summed E-state index contributed by atoms with van der Waals surface area (Å²) in [6, 6.07) is 12.6. The summed E-state index contributed by atoms with van der Waals surface area (Å²) in [5, 5.41) is 0. The molecule has 7 heteroatoms. The minimum atomic E-state index is -0.392. The molecule has 1 fully saturated rings. The van der Waals surface area contributed by atoms with Crippen molar-refractivity contribution < 1.29 is 18.8 Å². The van der Waals surface area contributed by atoms with Gasteiger partial charge in [0.05, 0.1) is 0 Å². The Balaban J connectivity index is 1.35. The molecule has 4 rings (SSSR count). The Kier molecular flexibility index (Phi) is 4.88. The van der Waals surface area contributed by atoms with Gasteiger partial charge in [-0.1, -0.05) is 24.8 Å². The standard InChI is InChI=1S/C22H20FN3O3/c1-15-18-4-2-3-5-19(18)22(29)26(15)14-20(27)24-10-12-25(13-11-24)21(28)16-6-8-17(23)9-7-16/h2-9H,1,10-14H2. The number of piperazine rings is 1. The summed E-state index contributed by atoms with van der Waals surface area (Å²) < 4.78 is 13.0. The summed E-state index contributed by atoms with van der Waals surface area (Å²) >= 11 is 0. The number of halogens is 1. The highest BCUT2D eigenvalue weighted by Crippen LogP contribution is 2.30. The molecular formula is C22H20FN3O3. The van der Waals surface area contributed by atoms with Crippen LogP contribution >= 0.6 is 0 Å². The van der Waals surface area contributed by atoms with Crippen molar-refractivity contribution in [2.45, 2.75) is 0 Å². The molecule has 0 bridgehead atoms. The fraction of sp³-hybridized carbons (Fsp3) is 0.227. The van der Waals surface area contributed by atoms with Crippen LogP contribution in [-0.4, -0.2) is 65.1 Å². The van der Waals surface area contributed by atoms with E-state index in [1.165, 1.54) is 29.2 Å². The van der Waals surface area contributed by atoms with Crippen molar-refractivity contribution in [2.24, 2.45) is 0 Å². The average molecular weight is 393 g/mol. The van der Waals surface area contributed by atoms with Crippen LogP contribution in [0.4, 0.5) is 4.39 Å². The highest BCUT2D eigenvalue weighted by Gasteiger charge is 2.34. The van der Waals surface area contributed by atoms with Crippen molar-refractivity contribution in [3.05, 3.63) is 77.6 Å². The number of rotatable bonds is 3. The van der Waals surface area contributed by atoms with Gasteiger partial charge in [0.2, 0.25) is 5.91 Å². The zero-order valence-electron chi connectivity index (χ0n) is 15.8. The fourth-order valence-corrected chi connectivity index (χ4v) is 3.67. The van der Waals surface area contributed by atoms with Crippen molar-refractivity contribution in [1.82, 2.24) is 14.7 Å². The first kappa shape index (κ1) is 18.9. The third kappa shape index (κ3) is 3.51. The molecule has 0 unspecified atom stereocenters. The number of hydrogen-bond acceptors (Lipinski definition) is 3. The molecule has 2 aliphatic heterocycles. The van der Waals surface area contributed by atoms with Gasteiger partial charge in [-0.05, 0) is 30.3 Å². The van der Waals surface area contributed by atoms with Crippen molar-refractivity contribution in [3.8, 4) is 0 Å². The normalized spacial score (nSPS) is 16.2. The predicted octanol–water partition coefficient (Wildman–Crippen LogP) is 2.24. The maximum Gasteiger partial charge on any atom is 0.259 e. The number of nitrogens with zero attached hydrogens (tertiary/aromatic N) is 3. The van der Waals surface area contributed by atoms with Gasteiger partial charge < -0.3 is 9.80 Å². The molecule has 0 atom stereocenters. The van der Waals surface area contributed by atoms with Crippen LogP contribution in [-0.2, 0) is 4.79 Å². The first-order valence-corrected chi connectivity index (χ1v) is 9.38. The molecular weight excluding hydrogens is 373 g/mol. The first-order chi connectivity index (χ1) is 14.0. The van der Waals surface area contributed by atoms with E-state index in [1.807, 2.05) is 12.1 Å². The van der Waals surface area contributed by atoms with E-state index >= 15 is 0 Å². The Morgan fingerprint density at radius 2 is 1.48 bits per heavy atom. The van der Waals surface area contributed by atoms with Crippen LogP contribution < -0.4 is 0 Å². The lowest BCUT2D eigenvalue weighted by atomic mass is 10.1. The Morgan fingerprint density at radius 3 is 2.10 bits per heavy atom. The van der Waals surface area contributed by atoms with Crippen LogP contribution in [0.1, 0.15) is 26.3 Å². The van der Waals surface area contributed by atoms with E-state index in [0.29, 0.717) is 43.0 Å². The van der Waals surface area contributed by atoms with Crippen molar-refractivity contribution >= 4 is 23.4 Å². The topological polar surface area (TPSA) is 60.9 Å². The zero-order valence-corrected chi connectivity index (χ0v) is 15.8. The summed E-state index contributed by atoms with van der Waals surface area (Å²) in [5.74, 6) is -0.974. The largest absolute Gasteiger partial charge is 0.338 e. The molecule has 0 radical (unpaired) electrons. The molecule has 1 saturated heterocycles. The molecule has 2 aromatic carbocycles. The third-order valence-electron chi connectivity index (χ3n) is 5.34. The van der Waals surface area contributed by atoms with E-state index in [0.717, 1.165) is 5.56 Å². The van der Waals surface area contributed by atoms with Gasteiger partial charge in [-0.15, -0.1) is 0 Å². The van der Waals surface area contributed by atoms with E-state index in [9.17, 15) is 18.8 Å². The van der Waals surface area contributed by atoms with Gasteiger partial charge in [-0.3, -0.25) is 19.3 Å². The maximum absolute atomic E-state index is 13.0. The minimum Gasteiger partial charge on any atom is -0.338 e. The highest BCUT2D eigenvalue weighted by atomic mass is 19.1. The second kappa shape index (κ2) is 7.50. The highest BCUT2D eigenvalue weighted by molar-refractivity contribution is 6.10. The van der Waals surface area contributed by atoms with Crippen molar-refractivity contribution in [2.75, 3.05) is 32.7 Å². The second-order valence-corrected chi connectivity index (χ2v) is 7.06. The Labute approximate surface area is 167 Å². The van der Waals surface area contributed by atoms with E-state index < -0.39 is 5.82 Å². The van der Waals surface area contributed by atoms with Gasteiger partial charge >= 0.3 is 0 Å². The molecule has 29 heavy (non-hydrogen) atoms. The molecule has 3 amide bonds. The summed E-state index contributed by atoms with van der Waals surface area (Å²) in [5.41, 5.74) is 2.26. The number of carbonyl (C=O) groups is 3. The van der Waals surface area contributed by atoms with Crippen molar-refractivity contribution in [1.29, 1.82) is 0 Å². The maximum atomic E-state index is 13.0. The molecule has 2 aliphatic rings. The third-order valence-corrected chi connectivity index (χ3v) is 5.34. The molecule has 0 aliphatic carbocycles. The van der Waals surface area contributed by atoms with Gasteiger partial charge in [-0.2, -0.15) is 0 Å². The van der Waals surface area contributed by atoms with Gasteiger partial charge in [-0.25, -0.2) is 4.39 Å². The van der Waals surface area contributed by atoms with Gasteiger partial charge in [0.25, 0.3) is 11.8 Å². The van der Waals surface area contributed by atoms with Gasteiger partial charge in [0.15, 0.2) is 0 Å². The van der Waals surface area contributed by atoms with E-state index in [2.05, 4.69) is 6.58 Å². The number of benzene rings is 2. The van der Waals surface area contributed by atoms with Crippen LogP contribution in [0.3, 0.4) is 0 Å². The van der Waals surface area contributed by atoms with Crippen LogP contribution in [0.2, 0.25) is 0 Å². The number of carbonyl (C=O) groups excluding carboxylic acids is 3. The van der Waals surface area contributed by atoms with Crippen molar-refractivity contribution in [3.63, 3.8) is 0 Å². The summed E-state index contributed by atoms with van der Waals surface area (Å²) in [6.07, 6.45) is 0. The molecule has 6 nitrogen and oxygen atoms in total. The molecule has 0 spiro atoms. The fourth-order valence-electron chi connectivity index (χ4n) is 3.67. The SMILES string of the molecule is C=C1c2ccccc2C(=O)N1CC(=O)N1CCN(C(=O)c2ccc(F)cc2)CC1. The molecule has 0 saturated carbocycles. The minimum absolute atomic E-state index is 0.0712. The summed E-state index contributed by atoms with van der Waals surface area (Å²) in [4.78, 5) is 42.5. The van der Waals surface area contributed by atoms with Crippen LogP contribution in [0.15, 0.2) is 55.1 Å². The number of amides is 3. The van der Waals surface area contributed by atoms with Crippen LogP contribution in [0.5, 0.6) is 0 Å². The lowest BCUT2D eigenvalue weighted by Crippen LogP contribution is -2.52. The van der Waals surface area contributed by atoms with Crippen LogP contribution in [0.25, 0.3) is 5.70 Å². The van der Waals surface area contributed by atoms with E-state index in [-0.39, 0.29) is 24.3 Å². The second-order valence-electron chi connectivity index (χ2n) is 7.06. The lowest BCUT2D eigenvalue weighted by molar-refractivity contribution is -0.132. The lowest BCUT2D eigenvalue weighted by Gasteiger charge is -2.35. The number of hydrogen-bond donors (Lipinski definition) is 0. The molecule has 148 valence electrons. The Hall–Kier alpha value is -3.48. The Morgan fingerprint density at radius 1 is 0.897 bits per heavy atom. The molecule has 2 aromatic rings. The van der Waals surface area contributed by atoms with Crippen LogP contribution in [0, 0.1) is 5.82 Å². The zero-order chi connectivity index (χ0) is 20.5. The van der Waals surface area contributed by atoms with Gasteiger partial charge in [0.1, 0.15) is 12.4 Å². The summed E-state index contributed by atoms with van der Waals surface area (Å²) in [7, 11) is 0. The monoisotopic (exact) mass is 393 g/mol. The predicted molar refractivity (Wildman–Crippen MR) is 105 cm³/mol. The quantitative estimate of drug-likeness (QED) is 0.804. The van der Waals surface area contributed by atoms with Gasteiger partial charge in [0, 0.05) is 48.6 Å². The average Bonchev–Trinajstić information content (AvgIpc) is 2.99.